The van der Waals surface area contributed by atoms with Crippen LogP contribution in [0.4, 0.5) is 0 Å². The van der Waals surface area contributed by atoms with Crippen molar-refractivity contribution in [3.05, 3.63) is 71.9 Å². The number of fused-ring (bicyclic) bond motifs is 1. The van der Waals surface area contributed by atoms with E-state index in [-0.39, 0.29) is 0 Å². The SMILES string of the molecule is O=Cc1ccc2ccn(CCCCc3ccccc3)c2c1. The Labute approximate surface area is 125 Å². The fraction of sp³-hybridized carbons (Fsp3) is 0.211. The molecule has 2 nitrogen and oxygen atoms in total. The van der Waals surface area contributed by atoms with Gasteiger partial charge in [0.2, 0.25) is 0 Å². The zero-order valence-corrected chi connectivity index (χ0v) is 12.0. The first-order chi connectivity index (χ1) is 10.4. The summed E-state index contributed by atoms with van der Waals surface area (Å²) < 4.78 is 2.24. The molecule has 1 aromatic heterocycles. The number of hydrogen-bond donors (Lipinski definition) is 0. The molecule has 1 heterocycles. The van der Waals surface area contributed by atoms with Crippen LogP contribution in [-0.2, 0) is 13.0 Å². The van der Waals surface area contributed by atoms with Gasteiger partial charge in [0.25, 0.3) is 0 Å². The lowest BCUT2D eigenvalue weighted by Crippen LogP contribution is -1.97. The Hall–Kier alpha value is -2.35. The Morgan fingerprint density at radius 3 is 2.62 bits per heavy atom. The van der Waals surface area contributed by atoms with E-state index < -0.39 is 0 Å². The van der Waals surface area contributed by atoms with Crippen molar-refractivity contribution in [1.82, 2.24) is 4.57 Å². The maximum Gasteiger partial charge on any atom is 0.150 e. The molecule has 3 rings (SSSR count). The zero-order chi connectivity index (χ0) is 14.5. The van der Waals surface area contributed by atoms with Crippen LogP contribution in [0.5, 0.6) is 0 Å². The Bertz CT molecular complexity index is 728. The van der Waals surface area contributed by atoms with Gasteiger partial charge in [-0.25, -0.2) is 0 Å². The van der Waals surface area contributed by atoms with E-state index in [4.69, 9.17) is 0 Å². The van der Waals surface area contributed by atoms with E-state index >= 15 is 0 Å². The summed E-state index contributed by atoms with van der Waals surface area (Å²) >= 11 is 0. The summed E-state index contributed by atoms with van der Waals surface area (Å²) in [4.78, 5) is 10.9. The molecular weight excluding hydrogens is 258 g/mol. The Morgan fingerprint density at radius 1 is 0.952 bits per heavy atom. The zero-order valence-electron chi connectivity index (χ0n) is 12.0. The molecule has 0 radical (unpaired) electrons. The standard InChI is InChI=1S/C19H19NO/c21-15-17-9-10-18-11-13-20(19(18)14-17)12-5-4-8-16-6-2-1-3-7-16/h1-3,6-7,9-11,13-15H,4-5,8,12H2. The molecule has 106 valence electrons. The Kier molecular flexibility index (Phi) is 4.15. The molecule has 2 aromatic carbocycles. The molecule has 0 unspecified atom stereocenters. The monoisotopic (exact) mass is 277 g/mol. The van der Waals surface area contributed by atoms with E-state index in [1.807, 2.05) is 18.2 Å². The molecule has 0 N–H and O–H groups in total. The largest absolute Gasteiger partial charge is 0.347 e. The third-order valence-corrected chi connectivity index (χ3v) is 3.89. The van der Waals surface area contributed by atoms with Gasteiger partial charge in [-0.15, -0.1) is 0 Å². The van der Waals surface area contributed by atoms with Crippen molar-refractivity contribution >= 4 is 17.2 Å². The summed E-state index contributed by atoms with van der Waals surface area (Å²) in [5.41, 5.74) is 3.30. The lowest BCUT2D eigenvalue weighted by molar-refractivity contribution is 0.112. The molecule has 0 atom stereocenters. The highest BCUT2D eigenvalue weighted by Crippen LogP contribution is 2.18. The molecule has 0 fully saturated rings. The summed E-state index contributed by atoms with van der Waals surface area (Å²) in [5.74, 6) is 0. The Morgan fingerprint density at radius 2 is 1.81 bits per heavy atom. The van der Waals surface area contributed by atoms with Crippen LogP contribution in [0.3, 0.4) is 0 Å². The number of aromatic nitrogens is 1. The van der Waals surface area contributed by atoms with Crippen LogP contribution in [-0.4, -0.2) is 10.9 Å². The predicted octanol–water partition coefficient (Wildman–Crippen LogP) is 4.48. The summed E-state index contributed by atoms with van der Waals surface area (Å²) in [6.45, 7) is 0.999. The van der Waals surface area contributed by atoms with Crippen LogP contribution in [0.2, 0.25) is 0 Å². The van der Waals surface area contributed by atoms with Crippen molar-refractivity contribution in [1.29, 1.82) is 0 Å². The molecule has 0 aliphatic carbocycles. The molecule has 0 saturated carbocycles. The van der Waals surface area contributed by atoms with E-state index in [1.54, 1.807) is 0 Å². The minimum Gasteiger partial charge on any atom is -0.347 e. The maximum atomic E-state index is 10.9. The number of aryl methyl sites for hydroxylation is 2. The highest BCUT2D eigenvalue weighted by molar-refractivity contribution is 5.87. The quantitative estimate of drug-likeness (QED) is 0.481. The highest BCUT2D eigenvalue weighted by atomic mass is 16.1. The number of nitrogens with zero attached hydrogens (tertiary/aromatic N) is 1. The van der Waals surface area contributed by atoms with E-state index in [2.05, 4.69) is 47.2 Å². The highest BCUT2D eigenvalue weighted by Gasteiger charge is 2.02. The van der Waals surface area contributed by atoms with Gasteiger partial charge in [-0.1, -0.05) is 42.5 Å². The predicted molar refractivity (Wildman–Crippen MR) is 86.7 cm³/mol. The minimum atomic E-state index is 0.742. The van der Waals surface area contributed by atoms with E-state index in [1.165, 1.54) is 17.4 Å². The van der Waals surface area contributed by atoms with E-state index in [9.17, 15) is 4.79 Å². The van der Waals surface area contributed by atoms with Gasteiger partial charge in [-0.05, 0) is 42.3 Å². The number of unbranched alkanes of at least 4 members (excludes halogenated alkanes) is 1. The van der Waals surface area contributed by atoms with Crippen LogP contribution in [0.25, 0.3) is 10.9 Å². The average Bonchev–Trinajstić information content (AvgIpc) is 2.95. The summed E-state index contributed by atoms with van der Waals surface area (Å²) in [7, 11) is 0. The summed E-state index contributed by atoms with van der Waals surface area (Å²) in [5, 5.41) is 1.20. The fourth-order valence-corrected chi connectivity index (χ4v) is 2.73. The second kappa shape index (κ2) is 6.40. The summed E-state index contributed by atoms with van der Waals surface area (Å²) in [6.07, 6.45) is 6.47. The number of carbonyl (C=O) groups is 1. The van der Waals surface area contributed by atoms with Crippen LogP contribution in [0, 0.1) is 0 Å². The molecule has 0 bridgehead atoms. The van der Waals surface area contributed by atoms with Gasteiger partial charge < -0.3 is 4.57 Å². The van der Waals surface area contributed by atoms with Gasteiger partial charge in [0, 0.05) is 23.8 Å². The average molecular weight is 277 g/mol. The molecule has 21 heavy (non-hydrogen) atoms. The van der Waals surface area contributed by atoms with Gasteiger partial charge in [0.05, 0.1) is 0 Å². The first-order valence-corrected chi connectivity index (χ1v) is 7.45. The topological polar surface area (TPSA) is 22.0 Å². The molecule has 0 spiro atoms. The molecule has 2 heteroatoms. The number of benzene rings is 2. The molecule has 0 amide bonds. The first kappa shape index (κ1) is 13.6. The fourth-order valence-electron chi connectivity index (χ4n) is 2.73. The lowest BCUT2D eigenvalue weighted by Gasteiger charge is -2.06. The van der Waals surface area contributed by atoms with Gasteiger partial charge >= 0.3 is 0 Å². The van der Waals surface area contributed by atoms with E-state index in [0.29, 0.717) is 0 Å². The van der Waals surface area contributed by atoms with Crippen LogP contribution in [0.15, 0.2) is 60.8 Å². The van der Waals surface area contributed by atoms with Gasteiger partial charge in [0.15, 0.2) is 0 Å². The third kappa shape index (κ3) is 3.22. The van der Waals surface area contributed by atoms with Crippen molar-refractivity contribution in [2.45, 2.75) is 25.8 Å². The molecule has 0 aliphatic rings. The summed E-state index contributed by atoms with van der Waals surface area (Å²) in [6, 6.07) is 18.6. The number of aldehydes is 1. The van der Waals surface area contributed by atoms with Gasteiger partial charge in [-0.3, -0.25) is 4.79 Å². The van der Waals surface area contributed by atoms with Crippen LogP contribution < -0.4 is 0 Å². The van der Waals surface area contributed by atoms with Gasteiger partial charge in [0.1, 0.15) is 6.29 Å². The molecular formula is C19H19NO. The number of hydrogen-bond acceptors (Lipinski definition) is 1. The van der Waals surface area contributed by atoms with Crippen molar-refractivity contribution in [2.24, 2.45) is 0 Å². The van der Waals surface area contributed by atoms with Crippen LogP contribution >= 0.6 is 0 Å². The third-order valence-electron chi connectivity index (χ3n) is 3.89. The molecule has 0 aliphatic heterocycles. The Balaban J connectivity index is 1.61. The van der Waals surface area contributed by atoms with Crippen LogP contribution in [0.1, 0.15) is 28.8 Å². The number of carbonyl (C=O) groups excluding carboxylic acids is 1. The minimum absolute atomic E-state index is 0.742. The second-order valence-corrected chi connectivity index (χ2v) is 5.39. The first-order valence-electron chi connectivity index (χ1n) is 7.45. The number of rotatable bonds is 6. The smallest absolute Gasteiger partial charge is 0.150 e. The van der Waals surface area contributed by atoms with Crippen molar-refractivity contribution < 1.29 is 4.79 Å². The normalized spacial score (nSPS) is 10.9. The molecule has 3 aromatic rings. The lowest BCUT2D eigenvalue weighted by atomic mass is 10.1. The van der Waals surface area contributed by atoms with Crippen molar-refractivity contribution in [3.63, 3.8) is 0 Å². The van der Waals surface area contributed by atoms with E-state index in [0.717, 1.165) is 36.8 Å². The maximum absolute atomic E-state index is 10.9. The molecule has 0 saturated heterocycles. The van der Waals surface area contributed by atoms with Gasteiger partial charge in [-0.2, -0.15) is 0 Å². The van der Waals surface area contributed by atoms with Crippen molar-refractivity contribution in [3.8, 4) is 0 Å². The van der Waals surface area contributed by atoms with Crippen molar-refractivity contribution in [2.75, 3.05) is 0 Å². The second-order valence-electron chi connectivity index (χ2n) is 5.39.